The Bertz CT molecular complexity index is 806. The fourth-order valence-corrected chi connectivity index (χ4v) is 4.53. The zero-order valence-electron chi connectivity index (χ0n) is 15.6. The summed E-state index contributed by atoms with van der Waals surface area (Å²) in [6.45, 7) is 6.31. The molecule has 2 aliphatic heterocycles. The summed E-state index contributed by atoms with van der Waals surface area (Å²) >= 11 is 0. The third kappa shape index (κ3) is 3.73. The van der Waals surface area contributed by atoms with Crippen LogP contribution in [0.1, 0.15) is 35.0 Å². The van der Waals surface area contributed by atoms with Gasteiger partial charge in [-0.15, -0.1) is 12.4 Å². The standard InChI is InChI=1S/C20H24FN3O2.ClH/c1-12-17(13(2)26-23-12)6-7-19(25)24-11-15-9-22-10-18(15)20(24)14-4-3-5-16(21)8-14;/h3-5,8,15,18,20,22H,6-7,9-11H2,1-2H3;1H/t15-,18-,20+;/m0./s1. The van der Waals surface area contributed by atoms with Crippen LogP contribution in [0.3, 0.4) is 0 Å². The fourth-order valence-electron chi connectivity index (χ4n) is 4.53. The van der Waals surface area contributed by atoms with Gasteiger partial charge in [-0.25, -0.2) is 4.39 Å². The monoisotopic (exact) mass is 393 g/mol. The number of aromatic nitrogens is 1. The highest BCUT2D eigenvalue weighted by Gasteiger charge is 2.46. The second-order valence-electron chi connectivity index (χ2n) is 7.43. The van der Waals surface area contributed by atoms with Crippen molar-refractivity contribution in [3.8, 4) is 0 Å². The minimum absolute atomic E-state index is 0. The van der Waals surface area contributed by atoms with Gasteiger partial charge in [0.05, 0.1) is 11.7 Å². The van der Waals surface area contributed by atoms with Crippen molar-refractivity contribution in [1.29, 1.82) is 0 Å². The lowest BCUT2D eigenvalue weighted by atomic mass is 9.89. The van der Waals surface area contributed by atoms with Gasteiger partial charge in [0.1, 0.15) is 11.6 Å². The number of carbonyl (C=O) groups is 1. The molecule has 1 amide bonds. The smallest absolute Gasteiger partial charge is 0.223 e. The number of nitrogens with one attached hydrogen (secondary N) is 1. The third-order valence-corrected chi connectivity index (χ3v) is 5.85. The number of likely N-dealkylation sites (tertiary alicyclic amines) is 1. The Hall–Kier alpha value is -1.92. The van der Waals surface area contributed by atoms with E-state index >= 15 is 0 Å². The maximum Gasteiger partial charge on any atom is 0.223 e. The van der Waals surface area contributed by atoms with Crippen molar-refractivity contribution in [3.63, 3.8) is 0 Å². The van der Waals surface area contributed by atoms with Crippen LogP contribution < -0.4 is 5.32 Å². The van der Waals surface area contributed by atoms with E-state index in [1.54, 1.807) is 12.1 Å². The van der Waals surface area contributed by atoms with E-state index < -0.39 is 0 Å². The van der Waals surface area contributed by atoms with Gasteiger partial charge in [0.2, 0.25) is 5.91 Å². The van der Waals surface area contributed by atoms with E-state index in [9.17, 15) is 9.18 Å². The number of nitrogens with zero attached hydrogens (tertiary/aromatic N) is 2. The zero-order chi connectivity index (χ0) is 18.3. The van der Waals surface area contributed by atoms with Gasteiger partial charge in [-0.1, -0.05) is 17.3 Å². The minimum Gasteiger partial charge on any atom is -0.361 e. The summed E-state index contributed by atoms with van der Waals surface area (Å²) < 4.78 is 19.0. The summed E-state index contributed by atoms with van der Waals surface area (Å²) in [5.74, 6) is 1.43. The molecular weight excluding hydrogens is 369 g/mol. The third-order valence-electron chi connectivity index (χ3n) is 5.85. The molecule has 5 nitrogen and oxygen atoms in total. The molecule has 146 valence electrons. The molecule has 2 aromatic rings. The van der Waals surface area contributed by atoms with Crippen LogP contribution in [0, 0.1) is 31.5 Å². The van der Waals surface area contributed by atoms with Crippen LogP contribution in [0.5, 0.6) is 0 Å². The second-order valence-corrected chi connectivity index (χ2v) is 7.43. The van der Waals surface area contributed by atoms with Crippen molar-refractivity contribution in [2.75, 3.05) is 19.6 Å². The average Bonchev–Trinajstić information content (AvgIpc) is 3.28. The Morgan fingerprint density at radius 1 is 1.37 bits per heavy atom. The molecule has 1 N–H and O–H groups in total. The molecule has 4 rings (SSSR count). The number of benzene rings is 1. The molecule has 0 unspecified atom stereocenters. The number of hydrogen-bond donors (Lipinski definition) is 1. The SMILES string of the molecule is Cc1noc(C)c1CCC(=O)N1C[C@@H]2CNC[C@@H]2[C@H]1c1cccc(F)c1.Cl. The lowest BCUT2D eigenvalue weighted by molar-refractivity contribution is -0.132. The van der Waals surface area contributed by atoms with E-state index in [4.69, 9.17) is 4.52 Å². The topological polar surface area (TPSA) is 58.4 Å². The number of amides is 1. The van der Waals surface area contributed by atoms with Crippen molar-refractivity contribution < 1.29 is 13.7 Å². The van der Waals surface area contributed by atoms with Crippen molar-refractivity contribution in [2.45, 2.75) is 32.7 Å². The predicted octanol–water partition coefficient (Wildman–Crippen LogP) is 3.20. The molecule has 0 spiro atoms. The van der Waals surface area contributed by atoms with Crippen LogP contribution in [0.25, 0.3) is 0 Å². The van der Waals surface area contributed by atoms with Gasteiger partial charge in [0, 0.05) is 37.5 Å². The number of halogens is 2. The molecule has 3 heterocycles. The Balaban J connectivity index is 0.00000210. The lowest BCUT2D eigenvalue weighted by Crippen LogP contribution is -2.34. The molecule has 0 bridgehead atoms. The molecule has 2 aliphatic rings. The van der Waals surface area contributed by atoms with Gasteiger partial charge in [0.15, 0.2) is 0 Å². The summed E-state index contributed by atoms with van der Waals surface area (Å²) in [6.07, 6.45) is 1.04. The quantitative estimate of drug-likeness (QED) is 0.866. The van der Waals surface area contributed by atoms with Gasteiger partial charge in [0.25, 0.3) is 0 Å². The summed E-state index contributed by atoms with van der Waals surface area (Å²) in [6, 6.07) is 6.63. The number of fused-ring (bicyclic) bond motifs is 1. The largest absolute Gasteiger partial charge is 0.361 e. The number of aryl methyl sites for hydroxylation is 2. The van der Waals surface area contributed by atoms with Gasteiger partial charge in [-0.2, -0.15) is 0 Å². The summed E-state index contributed by atoms with van der Waals surface area (Å²) in [4.78, 5) is 15.0. The van der Waals surface area contributed by atoms with Crippen LogP contribution in [0.4, 0.5) is 4.39 Å². The Morgan fingerprint density at radius 3 is 2.89 bits per heavy atom. The number of hydrogen-bond acceptors (Lipinski definition) is 4. The Labute approximate surface area is 164 Å². The van der Waals surface area contributed by atoms with Crippen molar-refractivity contribution in [2.24, 2.45) is 11.8 Å². The lowest BCUT2D eigenvalue weighted by Gasteiger charge is -2.28. The number of carbonyl (C=O) groups excluding carboxylic acids is 1. The van der Waals surface area contributed by atoms with Gasteiger partial charge < -0.3 is 14.7 Å². The Kier molecular flexibility index (Phi) is 5.86. The predicted molar refractivity (Wildman–Crippen MR) is 102 cm³/mol. The molecule has 1 aromatic heterocycles. The highest BCUT2D eigenvalue weighted by Crippen LogP contribution is 2.43. The van der Waals surface area contributed by atoms with Gasteiger partial charge in [-0.3, -0.25) is 4.79 Å². The van der Waals surface area contributed by atoms with Crippen molar-refractivity contribution in [1.82, 2.24) is 15.4 Å². The first kappa shape index (κ1) is 19.8. The van der Waals surface area contributed by atoms with E-state index in [0.717, 1.165) is 42.2 Å². The van der Waals surface area contributed by atoms with E-state index in [1.807, 2.05) is 24.8 Å². The molecule has 2 fully saturated rings. The van der Waals surface area contributed by atoms with Crippen LogP contribution >= 0.6 is 12.4 Å². The molecular formula is C20H25ClFN3O2. The summed E-state index contributed by atoms with van der Waals surface area (Å²) in [7, 11) is 0. The fraction of sp³-hybridized carbons (Fsp3) is 0.500. The highest BCUT2D eigenvalue weighted by molar-refractivity contribution is 5.85. The molecule has 2 saturated heterocycles. The molecule has 7 heteroatoms. The molecule has 0 aliphatic carbocycles. The first-order valence-electron chi connectivity index (χ1n) is 9.22. The van der Waals surface area contributed by atoms with Crippen molar-refractivity contribution >= 4 is 18.3 Å². The van der Waals surface area contributed by atoms with E-state index in [0.29, 0.717) is 24.7 Å². The summed E-state index contributed by atoms with van der Waals surface area (Å²) in [5.41, 5.74) is 2.76. The second kappa shape index (κ2) is 7.98. The van der Waals surface area contributed by atoms with Crippen LogP contribution in [0.15, 0.2) is 28.8 Å². The van der Waals surface area contributed by atoms with E-state index in [1.165, 1.54) is 6.07 Å². The zero-order valence-corrected chi connectivity index (χ0v) is 16.4. The van der Waals surface area contributed by atoms with E-state index in [-0.39, 0.29) is 30.2 Å². The maximum atomic E-state index is 13.8. The molecule has 27 heavy (non-hydrogen) atoms. The minimum atomic E-state index is -0.250. The molecule has 1 aromatic carbocycles. The van der Waals surface area contributed by atoms with Gasteiger partial charge >= 0.3 is 0 Å². The number of rotatable bonds is 4. The molecule has 3 atom stereocenters. The van der Waals surface area contributed by atoms with Crippen molar-refractivity contribution in [3.05, 3.63) is 52.7 Å². The van der Waals surface area contributed by atoms with E-state index in [2.05, 4.69) is 10.5 Å². The van der Waals surface area contributed by atoms with Crippen LogP contribution in [-0.2, 0) is 11.2 Å². The first-order chi connectivity index (χ1) is 12.5. The first-order valence-corrected chi connectivity index (χ1v) is 9.22. The highest BCUT2D eigenvalue weighted by atomic mass is 35.5. The van der Waals surface area contributed by atoms with Gasteiger partial charge in [-0.05, 0) is 43.9 Å². The molecule has 0 radical (unpaired) electrons. The molecule has 0 saturated carbocycles. The van der Waals surface area contributed by atoms with Crippen LogP contribution in [-0.4, -0.2) is 35.6 Å². The Morgan fingerprint density at radius 2 is 2.19 bits per heavy atom. The summed E-state index contributed by atoms with van der Waals surface area (Å²) in [5, 5.41) is 7.38. The normalized spacial score (nSPS) is 24.0. The maximum absolute atomic E-state index is 13.8. The average molecular weight is 394 g/mol. The van der Waals surface area contributed by atoms with Crippen LogP contribution in [0.2, 0.25) is 0 Å².